The SMILES string of the molecule is CCOC(=O)c1cc(-c2cccc(NC(=O)C3CCN(C(C)=O)CC3)c2)n(-c2ccccc2F)n1. The van der Waals surface area contributed by atoms with Gasteiger partial charge in [0.1, 0.15) is 11.5 Å². The molecule has 1 aliphatic heterocycles. The number of esters is 1. The van der Waals surface area contributed by atoms with Gasteiger partial charge < -0.3 is 15.0 Å². The molecule has 2 amide bonds. The number of nitrogens with one attached hydrogen (secondary N) is 1. The Kier molecular flexibility index (Phi) is 7.24. The van der Waals surface area contributed by atoms with Gasteiger partial charge in [0.2, 0.25) is 11.8 Å². The summed E-state index contributed by atoms with van der Waals surface area (Å²) < 4.78 is 21.0. The molecule has 8 nitrogen and oxygen atoms in total. The van der Waals surface area contributed by atoms with Crippen molar-refractivity contribution in [2.45, 2.75) is 26.7 Å². The first-order valence-electron chi connectivity index (χ1n) is 11.6. The molecule has 1 saturated heterocycles. The van der Waals surface area contributed by atoms with E-state index in [1.54, 1.807) is 60.4 Å². The van der Waals surface area contributed by atoms with Gasteiger partial charge in [-0.2, -0.15) is 5.10 Å². The first kappa shape index (κ1) is 24.1. The maximum Gasteiger partial charge on any atom is 0.358 e. The number of rotatable bonds is 6. The summed E-state index contributed by atoms with van der Waals surface area (Å²) in [6, 6.07) is 14.8. The molecular formula is C26H27FN4O4. The Morgan fingerprint density at radius 1 is 1.09 bits per heavy atom. The van der Waals surface area contributed by atoms with Gasteiger partial charge >= 0.3 is 5.97 Å². The van der Waals surface area contributed by atoms with E-state index in [9.17, 15) is 18.8 Å². The zero-order chi connectivity index (χ0) is 24.9. The van der Waals surface area contributed by atoms with Crippen molar-refractivity contribution in [3.05, 3.63) is 66.1 Å². The highest BCUT2D eigenvalue weighted by Gasteiger charge is 2.26. The highest BCUT2D eigenvalue weighted by molar-refractivity contribution is 5.94. The van der Waals surface area contributed by atoms with Gasteiger partial charge in [0.05, 0.1) is 12.3 Å². The number of piperidine rings is 1. The number of carbonyl (C=O) groups excluding carboxylic acids is 3. The van der Waals surface area contributed by atoms with Gasteiger partial charge in [-0.25, -0.2) is 13.9 Å². The molecule has 1 aliphatic rings. The molecule has 2 heterocycles. The van der Waals surface area contributed by atoms with Crippen LogP contribution in [0.25, 0.3) is 16.9 Å². The van der Waals surface area contributed by atoms with Gasteiger partial charge in [0, 0.05) is 37.2 Å². The van der Waals surface area contributed by atoms with Crippen molar-refractivity contribution >= 4 is 23.5 Å². The third-order valence-electron chi connectivity index (χ3n) is 6.01. The average molecular weight is 479 g/mol. The summed E-state index contributed by atoms with van der Waals surface area (Å²) in [4.78, 5) is 38.5. The van der Waals surface area contributed by atoms with Crippen LogP contribution in [0, 0.1) is 11.7 Å². The molecule has 4 rings (SSSR count). The molecular weight excluding hydrogens is 451 g/mol. The summed E-state index contributed by atoms with van der Waals surface area (Å²) in [6.07, 6.45) is 1.21. The monoisotopic (exact) mass is 478 g/mol. The largest absolute Gasteiger partial charge is 0.461 e. The molecule has 1 fully saturated rings. The smallest absolute Gasteiger partial charge is 0.358 e. The van der Waals surface area contributed by atoms with E-state index < -0.39 is 11.8 Å². The number of halogens is 1. The van der Waals surface area contributed by atoms with Gasteiger partial charge in [-0.15, -0.1) is 0 Å². The van der Waals surface area contributed by atoms with Crippen molar-refractivity contribution in [1.82, 2.24) is 14.7 Å². The third-order valence-corrected chi connectivity index (χ3v) is 6.01. The molecule has 35 heavy (non-hydrogen) atoms. The first-order valence-corrected chi connectivity index (χ1v) is 11.6. The maximum absolute atomic E-state index is 14.6. The van der Waals surface area contributed by atoms with Crippen LogP contribution in [0.1, 0.15) is 37.2 Å². The molecule has 1 aromatic heterocycles. The Morgan fingerprint density at radius 2 is 1.83 bits per heavy atom. The van der Waals surface area contributed by atoms with Crippen molar-refractivity contribution in [3.63, 3.8) is 0 Å². The van der Waals surface area contributed by atoms with Gasteiger partial charge in [-0.05, 0) is 50.1 Å². The fourth-order valence-corrected chi connectivity index (χ4v) is 4.16. The molecule has 0 radical (unpaired) electrons. The van der Waals surface area contributed by atoms with Crippen LogP contribution >= 0.6 is 0 Å². The van der Waals surface area contributed by atoms with E-state index in [1.165, 1.54) is 17.7 Å². The molecule has 3 aromatic rings. The lowest BCUT2D eigenvalue weighted by Gasteiger charge is -2.30. The van der Waals surface area contributed by atoms with Crippen molar-refractivity contribution in [2.75, 3.05) is 25.0 Å². The summed E-state index contributed by atoms with van der Waals surface area (Å²) in [5, 5.41) is 7.25. The predicted molar refractivity (Wildman–Crippen MR) is 129 cm³/mol. The topological polar surface area (TPSA) is 93.5 Å². The summed E-state index contributed by atoms with van der Waals surface area (Å²) >= 11 is 0. The molecule has 0 aliphatic carbocycles. The number of likely N-dealkylation sites (tertiary alicyclic amines) is 1. The maximum atomic E-state index is 14.6. The quantitative estimate of drug-likeness (QED) is 0.540. The Bertz CT molecular complexity index is 1250. The molecule has 1 N–H and O–H groups in total. The molecule has 0 saturated carbocycles. The van der Waals surface area contributed by atoms with Gasteiger partial charge in [-0.1, -0.05) is 24.3 Å². The molecule has 0 unspecified atom stereocenters. The normalized spacial score (nSPS) is 14.0. The van der Waals surface area contributed by atoms with E-state index >= 15 is 0 Å². The highest BCUT2D eigenvalue weighted by atomic mass is 19.1. The highest BCUT2D eigenvalue weighted by Crippen LogP contribution is 2.28. The lowest BCUT2D eigenvalue weighted by Crippen LogP contribution is -2.40. The van der Waals surface area contributed by atoms with Crippen LogP contribution in [0.4, 0.5) is 10.1 Å². The minimum Gasteiger partial charge on any atom is -0.461 e. The van der Waals surface area contributed by atoms with Crippen LogP contribution in [-0.4, -0.2) is 52.2 Å². The van der Waals surface area contributed by atoms with E-state index in [0.717, 1.165) is 0 Å². The average Bonchev–Trinajstić information content (AvgIpc) is 3.30. The van der Waals surface area contributed by atoms with Crippen LogP contribution in [0.15, 0.2) is 54.6 Å². The van der Waals surface area contributed by atoms with E-state index in [-0.39, 0.29) is 35.7 Å². The molecule has 0 spiro atoms. The van der Waals surface area contributed by atoms with Gasteiger partial charge in [0.25, 0.3) is 0 Å². The van der Waals surface area contributed by atoms with Gasteiger partial charge in [0.15, 0.2) is 5.69 Å². The Morgan fingerprint density at radius 3 is 2.51 bits per heavy atom. The van der Waals surface area contributed by atoms with Crippen LogP contribution in [-0.2, 0) is 14.3 Å². The first-order chi connectivity index (χ1) is 16.9. The number of para-hydroxylation sites is 1. The molecule has 2 aromatic carbocycles. The lowest BCUT2D eigenvalue weighted by atomic mass is 9.95. The molecule has 0 atom stereocenters. The molecule has 182 valence electrons. The van der Waals surface area contributed by atoms with Crippen molar-refractivity contribution in [3.8, 4) is 16.9 Å². The number of carbonyl (C=O) groups is 3. The van der Waals surface area contributed by atoms with E-state index in [1.807, 2.05) is 0 Å². The fraction of sp³-hybridized carbons (Fsp3) is 0.308. The van der Waals surface area contributed by atoms with Crippen molar-refractivity contribution in [2.24, 2.45) is 5.92 Å². The summed E-state index contributed by atoms with van der Waals surface area (Å²) in [5.41, 5.74) is 1.92. The molecule has 9 heteroatoms. The summed E-state index contributed by atoms with van der Waals surface area (Å²) in [5.74, 6) is -1.38. The number of amides is 2. The number of ether oxygens (including phenoxy) is 1. The zero-order valence-corrected chi connectivity index (χ0v) is 19.7. The summed E-state index contributed by atoms with van der Waals surface area (Å²) in [6.45, 7) is 4.54. The molecule has 0 bridgehead atoms. The Labute approximate surface area is 202 Å². The summed E-state index contributed by atoms with van der Waals surface area (Å²) in [7, 11) is 0. The Hall–Kier alpha value is -4.01. The Balaban J connectivity index is 1.61. The van der Waals surface area contributed by atoms with E-state index in [0.29, 0.717) is 42.9 Å². The van der Waals surface area contributed by atoms with Crippen molar-refractivity contribution < 1.29 is 23.5 Å². The second-order valence-corrected chi connectivity index (χ2v) is 8.35. The van der Waals surface area contributed by atoms with E-state index in [2.05, 4.69) is 10.4 Å². The predicted octanol–water partition coefficient (Wildman–Crippen LogP) is 4.05. The fourth-order valence-electron chi connectivity index (χ4n) is 4.16. The number of benzene rings is 2. The van der Waals surface area contributed by atoms with Crippen LogP contribution in [0.3, 0.4) is 0 Å². The van der Waals surface area contributed by atoms with Crippen molar-refractivity contribution in [1.29, 1.82) is 0 Å². The zero-order valence-electron chi connectivity index (χ0n) is 19.7. The van der Waals surface area contributed by atoms with Crippen LogP contribution in [0.2, 0.25) is 0 Å². The number of nitrogens with zero attached hydrogens (tertiary/aromatic N) is 3. The lowest BCUT2D eigenvalue weighted by molar-refractivity contribution is -0.132. The standard InChI is InChI=1S/C26H27FN4O4/c1-3-35-26(34)22-16-24(31(29-22)23-10-5-4-9-21(23)27)19-7-6-8-20(15-19)28-25(33)18-11-13-30(14-12-18)17(2)32/h4-10,15-16,18H,3,11-14H2,1-2H3,(H,28,33). The number of hydrogen-bond acceptors (Lipinski definition) is 5. The minimum absolute atomic E-state index is 0.0187. The number of hydrogen-bond donors (Lipinski definition) is 1. The van der Waals surface area contributed by atoms with Crippen LogP contribution in [0.5, 0.6) is 0 Å². The second-order valence-electron chi connectivity index (χ2n) is 8.35. The van der Waals surface area contributed by atoms with E-state index in [4.69, 9.17) is 4.74 Å². The van der Waals surface area contributed by atoms with Crippen LogP contribution < -0.4 is 5.32 Å². The van der Waals surface area contributed by atoms with Gasteiger partial charge in [-0.3, -0.25) is 9.59 Å². The third kappa shape index (κ3) is 5.40. The second kappa shape index (κ2) is 10.5. The number of anilines is 1. The number of aromatic nitrogens is 2. The minimum atomic E-state index is -0.606.